The summed E-state index contributed by atoms with van der Waals surface area (Å²) in [6, 6.07) is 3.87. The first kappa shape index (κ1) is 5.79. The summed E-state index contributed by atoms with van der Waals surface area (Å²) in [5.41, 5.74) is 0. The highest BCUT2D eigenvalue weighted by Gasteiger charge is 1.91. The van der Waals surface area contributed by atoms with Gasteiger partial charge in [0.15, 0.2) is 0 Å². The van der Waals surface area contributed by atoms with Gasteiger partial charge in [0.25, 0.3) is 0 Å². The van der Waals surface area contributed by atoms with Crippen molar-refractivity contribution in [1.82, 2.24) is 0 Å². The van der Waals surface area contributed by atoms with Crippen LogP contribution in [0.15, 0.2) is 12.1 Å². The van der Waals surface area contributed by atoms with Crippen LogP contribution >= 0.6 is 11.3 Å². The van der Waals surface area contributed by atoms with Crippen molar-refractivity contribution in [2.24, 2.45) is 0 Å². The van der Waals surface area contributed by atoms with Crippen molar-refractivity contribution in [3.63, 3.8) is 0 Å². The molecule has 0 saturated carbocycles. The molecule has 1 aromatic heterocycles. The van der Waals surface area contributed by atoms with Gasteiger partial charge in [-0.15, -0.1) is 11.3 Å². The highest BCUT2D eigenvalue weighted by atomic mass is 32.1. The van der Waals surface area contributed by atoms with Gasteiger partial charge in [0.1, 0.15) is 6.61 Å². The zero-order valence-corrected chi connectivity index (χ0v) is 5.40. The molecule has 8 heavy (non-hydrogen) atoms. The van der Waals surface area contributed by atoms with Crippen LogP contribution in [0.3, 0.4) is 0 Å². The van der Waals surface area contributed by atoms with Crippen molar-refractivity contribution in [1.29, 1.82) is 0 Å². The number of aliphatic hydroxyl groups excluding tert-OH is 1. The Balaban J connectivity index is 2.84. The molecule has 0 amide bonds. The predicted molar refractivity (Wildman–Crippen MR) is 34.4 cm³/mol. The van der Waals surface area contributed by atoms with E-state index in [1.165, 1.54) is 4.88 Å². The van der Waals surface area contributed by atoms with E-state index in [-0.39, 0.29) is 0 Å². The first-order valence-electron chi connectivity index (χ1n) is 2.37. The molecule has 0 aliphatic heterocycles. The van der Waals surface area contributed by atoms with E-state index in [1.54, 1.807) is 11.3 Å². The Bertz CT molecular complexity index is 169. The molecule has 1 N–H and O–H groups in total. The highest BCUT2D eigenvalue weighted by molar-refractivity contribution is 7.12. The molecule has 0 aromatic carbocycles. The fraction of sp³-hybridized carbons (Fsp3) is 0.167. The Morgan fingerprint density at radius 2 is 2.38 bits per heavy atom. The highest BCUT2D eigenvalue weighted by Crippen LogP contribution is 2.14. The molecule has 1 radical (unpaired) electrons. The maximum absolute atomic E-state index is 8.44. The van der Waals surface area contributed by atoms with Gasteiger partial charge in [0.05, 0.1) is 0 Å². The molecule has 2 heteroatoms. The molecule has 0 spiro atoms. The number of thiophene rings is 1. The second-order valence-electron chi connectivity index (χ2n) is 1.58. The van der Waals surface area contributed by atoms with Gasteiger partial charge in [-0.05, 0) is 19.1 Å². The van der Waals surface area contributed by atoms with Crippen LogP contribution in [-0.4, -0.2) is 5.11 Å². The Morgan fingerprint density at radius 3 is 2.62 bits per heavy atom. The minimum atomic E-state index is 0.919. The third-order valence-corrected chi connectivity index (χ3v) is 1.82. The average molecular weight is 127 g/mol. The van der Waals surface area contributed by atoms with Gasteiger partial charge in [0, 0.05) is 9.75 Å². The molecule has 0 unspecified atom stereocenters. The van der Waals surface area contributed by atoms with Crippen LogP contribution in [0.1, 0.15) is 9.75 Å². The lowest BCUT2D eigenvalue weighted by atomic mass is 10.4. The monoisotopic (exact) mass is 127 g/mol. The van der Waals surface area contributed by atoms with Gasteiger partial charge in [-0.25, -0.2) is 0 Å². The lowest BCUT2D eigenvalue weighted by Crippen LogP contribution is -1.65. The Morgan fingerprint density at radius 1 is 1.62 bits per heavy atom. The van der Waals surface area contributed by atoms with E-state index in [9.17, 15) is 0 Å². The standard InChI is InChI=1S/C6H7OS/c1-5-2-3-6(4-7)8-5/h2-4,7H,1H3. The average Bonchev–Trinajstić information content (AvgIpc) is 2.14. The molecule has 43 valence electrons. The minimum absolute atomic E-state index is 0.919. The number of aliphatic hydroxyl groups is 1. The van der Waals surface area contributed by atoms with Crippen LogP contribution in [0.5, 0.6) is 0 Å². The van der Waals surface area contributed by atoms with Crippen LogP contribution in [0, 0.1) is 13.5 Å². The molecule has 0 aliphatic carbocycles. The van der Waals surface area contributed by atoms with Crippen molar-refractivity contribution in [2.45, 2.75) is 6.92 Å². The zero-order valence-electron chi connectivity index (χ0n) is 4.59. The van der Waals surface area contributed by atoms with Crippen LogP contribution < -0.4 is 0 Å². The predicted octanol–water partition coefficient (Wildman–Crippen LogP) is 1.94. The lowest BCUT2D eigenvalue weighted by molar-refractivity contribution is 0.418. The summed E-state index contributed by atoms with van der Waals surface area (Å²) >= 11 is 1.58. The summed E-state index contributed by atoms with van der Waals surface area (Å²) in [7, 11) is 0. The van der Waals surface area contributed by atoms with E-state index in [4.69, 9.17) is 5.11 Å². The maximum atomic E-state index is 8.44. The van der Waals surface area contributed by atoms with Gasteiger partial charge < -0.3 is 5.11 Å². The third kappa shape index (κ3) is 1.08. The van der Waals surface area contributed by atoms with Gasteiger partial charge in [-0.2, -0.15) is 0 Å². The zero-order chi connectivity index (χ0) is 5.98. The van der Waals surface area contributed by atoms with Gasteiger partial charge in [0.2, 0.25) is 0 Å². The summed E-state index contributed by atoms with van der Waals surface area (Å²) in [5.74, 6) is 0. The largest absolute Gasteiger partial charge is 0.384 e. The summed E-state index contributed by atoms with van der Waals surface area (Å²) in [5, 5.41) is 8.44. The summed E-state index contributed by atoms with van der Waals surface area (Å²) in [6.45, 7) is 3.13. The molecule has 0 fully saturated rings. The number of hydrogen-bond donors (Lipinski definition) is 1. The second-order valence-corrected chi connectivity index (χ2v) is 2.90. The normalized spacial score (nSPS) is 9.75. The van der Waals surface area contributed by atoms with E-state index in [0.29, 0.717) is 0 Å². The van der Waals surface area contributed by atoms with Gasteiger partial charge in [-0.3, -0.25) is 0 Å². The molecule has 0 bridgehead atoms. The SMILES string of the molecule is Cc1ccc([CH]O)s1. The fourth-order valence-corrected chi connectivity index (χ4v) is 1.22. The number of rotatable bonds is 1. The van der Waals surface area contributed by atoms with E-state index < -0.39 is 0 Å². The van der Waals surface area contributed by atoms with E-state index in [0.717, 1.165) is 11.5 Å². The molecule has 0 atom stereocenters. The minimum Gasteiger partial charge on any atom is -0.384 e. The lowest BCUT2D eigenvalue weighted by Gasteiger charge is -1.79. The van der Waals surface area contributed by atoms with Crippen LogP contribution in [0.4, 0.5) is 0 Å². The summed E-state index contributed by atoms with van der Waals surface area (Å²) < 4.78 is 0. The van der Waals surface area contributed by atoms with Crippen LogP contribution in [-0.2, 0) is 0 Å². The van der Waals surface area contributed by atoms with Crippen molar-refractivity contribution in [3.05, 3.63) is 28.5 Å². The quantitative estimate of drug-likeness (QED) is 0.611. The smallest absolute Gasteiger partial charge is 0.119 e. The van der Waals surface area contributed by atoms with Gasteiger partial charge >= 0.3 is 0 Å². The van der Waals surface area contributed by atoms with E-state index in [1.807, 2.05) is 19.1 Å². The Kier molecular flexibility index (Phi) is 1.65. The summed E-state index contributed by atoms with van der Waals surface area (Å²) in [6.07, 6.45) is 0. The topological polar surface area (TPSA) is 20.2 Å². The number of hydrogen-bond acceptors (Lipinski definition) is 2. The van der Waals surface area contributed by atoms with Crippen LogP contribution in [0.2, 0.25) is 0 Å². The Labute approximate surface area is 52.6 Å². The van der Waals surface area contributed by atoms with Gasteiger partial charge in [-0.1, -0.05) is 0 Å². The van der Waals surface area contributed by atoms with Crippen molar-refractivity contribution in [2.75, 3.05) is 0 Å². The van der Waals surface area contributed by atoms with Crippen molar-refractivity contribution in [3.8, 4) is 0 Å². The molecule has 0 saturated heterocycles. The number of aryl methyl sites for hydroxylation is 1. The molecule has 1 aromatic rings. The van der Waals surface area contributed by atoms with E-state index >= 15 is 0 Å². The molecular formula is C6H7OS. The Hall–Kier alpha value is -0.340. The molecule has 0 aliphatic rings. The second kappa shape index (κ2) is 2.29. The first-order chi connectivity index (χ1) is 3.83. The van der Waals surface area contributed by atoms with E-state index in [2.05, 4.69) is 0 Å². The van der Waals surface area contributed by atoms with Crippen LogP contribution in [0.25, 0.3) is 0 Å². The molecule has 1 nitrogen and oxygen atoms in total. The first-order valence-corrected chi connectivity index (χ1v) is 3.18. The fourth-order valence-electron chi connectivity index (χ4n) is 0.523. The van der Waals surface area contributed by atoms with Crippen molar-refractivity contribution < 1.29 is 5.11 Å². The van der Waals surface area contributed by atoms with Crippen molar-refractivity contribution >= 4 is 11.3 Å². The third-order valence-electron chi connectivity index (χ3n) is 0.888. The molecule has 1 heterocycles. The maximum Gasteiger partial charge on any atom is 0.119 e. The molecule has 1 rings (SSSR count). The summed E-state index contributed by atoms with van der Waals surface area (Å²) in [4.78, 5) is 2.15. The molecular weight excluding hydrogens is 120 g/mol.